The zero-order chi connectivity index (χ0) is 15.0. The molecular weight excluding hydrogens is 272 g/mol. The van der Waals surface area contributed by atoms with E-state index in [4.69, 9.17) is 11.6 Å². The zero-order valence-corrected chi connectivity index (χ0v) is 11.8. The molecule has 112 valence electrons. The standard InChI is InChI=1S/C12H18N8O/c1-19-12-7(5-15-19)11(18-14)16-9(17-12)6-20-4-2-3-8(20)10(13)21/h5,8H,2-4,6,14H2,1H3,(H2,13,21)(H,16,17,18). The molecule has 3 heterocycles. The highest BCUT2D eigenvalue weighted by Gasteiger charge is 2.29. The molecule has 1 saturated heterocycles. The summed E-state index contributed by atoms with van der Waals surface area (Å²) < 4.78 is 1.66. The van der Waals surface area contributed by atoms with Crippen molar-refractivity contribution in [3.8, 4) is 0 Å². The molecule has 0 radical (unpaired) electrons. The number of nitrogens with two attached hydrogens (primary N) is 2. The molecule has 0 bridgehead atoms. The van der Waals surface area contributed by atoms with Crippen LogP contribution in [0.5, 0.6) is 0 Å². The first-order valence-electron chi connectivity index (χ1n) is 6.78. The van der Waals surface area contributed by atoms with Crippen molar-refractivity contribution in [3.05, 3.63) is 12.0 Å². The van der Waals surface area contributed by atoms with Crippen LogP contribution in [0.3, 0.4) is 0 Å². The topological polar surface area (TPSA) is 128 Å². The summed E-state index contributed by atoms with van der Waals surface area (Å²) in [6, 6.07) is -0.245. The summed E-state index contributed by atoms with van der Waals surface area (Å²) in [5.41, 5.74) is 8.69. The fourth-order valence-corrected chi connectivity index (χ4v) is 2.77. The average Bonchev–Trinajstić information content (AvgIpc) is 3.06. The van der Waals surface area contributed by atoms with Gasteiger partial charge in [-0.3, -0.25) is 14.4 Å². The van der Waals surface area contributed by atoms with Gasteiger partial charge in [-0.2, -0.15) is 5.10 Å². The molecule has 0 spiro atoms. The van der Waals surface area contributed by atoms with Gasteiger partial charge < -0.3 is 11.2 Å². The Morgan fingerprint density at radius 3 is 3.05 bits per heavy atom. The fraction of sp³-hybridized carbons (Fsp3) is 0.500. The Bertz CT molecular complexity index is 681. The summed E-state index contributed by atoms with van der Waals surface area (Å²) in [7, 11) is 1.81. The Hall–Kier alpha value is -2.26. The van der Waals surface area contributed by atoms with Crippen molar-refractivity contribution in [1.82, 2.24) is 24.6 Å². The molecule has 0 aliphatic carbocycles. The number of anilines is 1. The summed E-state index contributed by atoms with van der Waals surface area (Å²) in [6.45, 7) is 1.27. The largest absolute Gasteiger partial charge is 0.368 e. The third-order valence-electron chi connectivity index (χ3n) is 3.81. The van der Waals surface area contributed by atoms with Gasteiger partial charge in [0, 0.05) is 7.05 Å². The first-order valence-corrected chi connectivity index (χ1v) is 6.78. The predicted molar refractivity (Wildman–Crippen MR) is 76.7 cm³/mol. The number of rotatable bonds is 4. The Morgan fingerprint density at radius 1 is 1.52 bits per heavy atom. The molecule has 0 saturated carbocycles. The predicted octanol–water partition coefficient (Wildman–Crippen LogP) is -0.901. The summed E-state index contributed by atoms with van der Waals surface area (Å²) in [5, 5.41) is 4.91. The van der Waals surface area contributed by atoms with E-state index < -0.39 is 0 Å². The molecule has 2 aromatic rings. The van der Waals surface area contributed by atoms with Crippen molar-refractivity contribution in [1.29, 1.82) is 0 Å². The summed E-state index contributed by atoms with van der Waals surface area (Å²) >= 11 is 0. The molecular formula is C12H18N8O. The number of hydrogen-bond acceptors (Lipinski definition) is 7. The van der Waals surface area contributed by atoms with Gasteiger partial charge in [0.05, 0.1) is 24.2 Å². The molecule has 21 heavy (non-hydrogen) atoms. The van der Waals surface area contributed by atoms with E-state index in [9.17, 15) is 4.79 Å². The van der Waals surface area contributed by atoms with Gasteiger partial charge in [-0.25, -0.2) is 15.8 Å². The Labute approximate surface area is 121 Å². The lowest BCUT2D eigenvalue weighted by Gasteiger charge is -2.20. The highest BCUT2D eigenvalue weighted by Crippen LogP contribution is 2.22. The number of hydrogen-bond donors (Lipinski definition) is 3. The van der Waals surface area contributed by atoms with Crippen molar-refractivity contribution in [2.24, 2.45) is 18.6 Å². The monoisotopic (exact) mass is 290 g/mol. The molecule has 1 atom stereocenters. The summed E-state index contributed by atoms with van der Waals surface area (Å²) in [4.78, 5) is 22.3. The van der Waals surface area contributed by atoms with Gasteiger partial charge in [0.1, 0.15) is 5.82 Å². The third-order valence-corrected chi connectivity index (χ3v) is 3.81. The third kappa shape index (κ3) is 2.41. The first-order chi connectivity index (χ1) is 10.1. The van der Waals surface area contributed by atoms with E-state index in [-0.39, 0.29) is 11.9 Å². The van der Waals surface area contributed by atoms with Gasteiger partial charge in [0.15, 0.2) is 11.5 Å². The molecule has 9 heteroatoms. The van der Waals surface area contributed by atoms with E-state index in [0.717, 1.165) is 24.8 Å². The first kappa shape index (κ1) is 13.7. The summed E-state index contributed by atoms with van der Waals surface area (Å²) in [6.07, 6.45) is 3.39. The minimum atomic E-state index is -0.300. The van der Waals surface area contributed by atoms with E-state index in [2.05, 4.69) is 20.5 Å². The van der Waals surface area contributed by atoms with Crippen molar-refractivity contribution >= 4 is 22.8 Å². The number of fused-ring (bicyclic) bond motifs is 1. The molecule has 1 fully saturated rings. The fourth-order valence-electron chi connectivity index (χ4n) is 2.77. The van der Waals surface area contributed by atoms with Crippen molar-refractivity contribution in [2.45, 2.75) is 25.4 Å². The van der Waals surface area contributed by atoms with Crippen LogP contribution in [0.2, 0.25) is 0 Å². The van der Waals surface area contributed by atoms with E-state index >= 15 is 0 Å². The number of primary amides is 1. The Balaban J connectivity index is 1.93. The number of amides is 1. The molecule has 9 nitrogen and oxygen atoms in total. The number of carbonyl (C=O) groups excluding carboxylic acids is 1. The number of aryl methyl sites for hydroxylation is 1. The second-order valence-electron chi connectivity index (χ2n) is 5.17. The Morgan fingerprint density at radius 2 is 2.33 bits per heavy atom. The van der Waals surface area contributed by atoms with Gasteiger partial charge in [0.25, 0.3) is 0 Å². The minimum Gasteiger partial charge on any atom is -0.368 e. The van der Waals surface area contributed by atoms with Crippen LogP contribution in [-0.2, 0) is 18.4 Å². The van der Waals surface area contributed by atoms with Crippen LogP contribution in [0.25, 0.3) is 11.0 Å². The normalized spacial score (nSPS) is 19.2. The minimum absolute atomic E-state index is 0.245. The summed E-state index contributed by atoms with van der Waals surface area (Å²) in [5.74, 6) is 6.33. The molecule has 1 amide bonds. The molecule has 1 unspecified atom stereocenters. The Kier molecular flexibility index (Phi) is 3.43. The second kappa shape index (κ2) is 5.26. The van der Waals surface area contributed by atoms with Crippen molar-refractivity contribution < 1.29 is 4.79 Å². The number of carbonyl (C=O) groups is 1. The second-order valence-corrected chi connectivity index (χ2v) is 5.17. The lowest BCUT2D eigenvalue weighted by Crippen LogP contribution is -2.40. The number of aromatic nitrogens is 4. The van der Waals surface area contributed by atoms with Gasteiger partial charge in [-0.05, 0) is 19.4 Å². The lowest BCUT2D eigenvalue weighted by molar-refractivity contribution is -0.122. The zero-order valence-electron chi connectivity index (χ0n) is 11.8. The van der Waals surface area contributed by atoms with Crippen LogP contribution in [0.4, 0.5) is 5.82 Å². The van der Waals surface area contributed by atoms with Crippen LogP contribution < -0.4 is 17.0 Å². The number of hydrazine groups is 1. The van der Waals surface area contributed by atoms with Crippen LogP contribution in [0.15, 0.2) is 6.20 Å². The molecule has 3 rings (SSSR count). The highest BCUT2D eigenvalue weighted by atomic mass is 16.1. The lowest BCUT2D eigenvalue weighted by atomic mass is 10.2. The molecule has 5 N–H and O–H groups in total. The maximum absolute atomic E-state index is 11.4. The quantitative estimate of drug-likeness (QED) is 0.491. The number of nitrogens with zero attached hydrogens (tertiary/aromatic N) is 5. The molecule has 0 aromatic carbocycles. The van der Waals surface area contributed by atoms with E-state index in [1.807, 2.05) is 11.9 Å². The molecule has 1 aliphatic rings. The van der Waals surface area contributed by atoms with E-state index in [1.54, 1.807) is 10.9 Å². The maximum Gasteiger partial charge on any atom is 0.234 e. The van der Waals surface area contributed by atoms with Crippen molar-refractivity contribution in [2.75, 3.05) is 12.0 Å². The smallest absolute Gasteiger partial charge is 0.234 e. The van der Waals surface area contributed by atoms with Gasteiger partial charge >= 0.3 is 0 Å². The van der Waals surface area contributed by atoms with Crippen molar-refractivity contribution in [3.63, 3.8) is 0 Å². The van der Waals surface area contributed by atoms with Gasteiger partial charge in [-0.1, -0.05) is 0 Å². The SMILES string of the molecule is Cn1ncc2c(NN)nc(CN3CCCC3C(N)=O)nc21. The van der Waals surface area contributed by atoms with E-state index in [1.165, 1.54) is 0 Å². The number of nitrogen functional groups attached to an aromatic ring is 1. The molecule has 1 aliphatic heterocycles. The van der Waals surface area contributed by atoms with Crippen LogP contribution in [0.1, 0.15) is 18.7 Å². The number of nitrogens with one attached hydrogen (secondary N) is 1. The van der Waals surface area contributed by atoms with E-state index in [0.29, 0.717) is 23.8 Å². The highest BCUT2D eigenvalue weighted by molar-refractivity contribution is 5.86. The molecule has 2 aromatic heterocycles. The average molecular weight is 290 g/mol. The number of likely N-dealkylation sites (tertiary alicyclic amines) is 1. The van der Waals surface area contributed by atoms with Crippen LogP contribution >= 0.6 is 0 Å². The van der Waals surface area contributed by atoms with Crippen LogP contribution in [0, 0.1) is 0 Å². The van der Waals surface area contributed by atoms with Gasteiger partial charge in [0.2, 0.25) is 5.91 Å². The van der Waals surface area contributed by atoms with Gasteiger partial charge in [-0.15, -0.1) is 0 Å². The van der Waals surface area contributed by atoms with Crippen LogP contribution in [-0.4, -0.2) is 43.1 Å². The maximum atomic E-state index is 11.4.